The first-order chi connectivity index (χ1) is 17.1. The molecule has 1 amide bonds. The van der Waals surface area contributed by atoms with Crippen LogP contribution < -0.4 is 0 Å². The van der Waals surface area contributed by atoms with Gasteiger partial charge in [-0.05, 0) is 78.4 Å². The van der Waals surface area contributed by atoms with Crippen molar-refractivity contribution in [3.05, 3.63) is 117 Å². The fourth-order valence-corrected chi connectivity index (χ4v) is 6.78. The van der Waals surface area contributed by atoms with Crippen molar-refractivity contribution < 1.29 is 4.79 Å². The number of carbonyl (C=O) groups excluding carboxylic acids is 1. The van der Waals surface area contributed by atoms with E-state index in [4.69, 9.17) is 16.6 Å². The predicted octanol–water partition coefficient (Wildman–Crippen LogP) is 8.40. The summed E-state index contributed by atoms with van der Waals surface area (Å²) in [5, 5.41) is 1.45. The van der Waals surface area contributed by atoms with Crippen LogP contribution in [0.4, 0.5) is 5.69 Å². The molecule has 1 aliphatic heterocycles. The SMILES string of the molecule is O=C1/C(=C/c2ccc(Sc3ccc(Cl)cc3)s2)SC(=Nc2ccccc2)N1CCc1ccccc1. The van der Waals surface area contributed by atoms with E-state index in [1.54, 1.807) is 28.0 Å². The van der Waals surface area contributed by atoms with Gasteiger partial charge >= 0.3 is 0 Å². The van der Waals surface area contributed by atoms with E-state index in [0.29, 0.717) is 11.4 Å². The summed E-state index contributed by atoms with van der Waals surface area (Å²) in [7, 11) is 0. The third kappa shape index (κ3) is 6.27. The molecule has 5 rings (SSSR count). The first-order valence-corrected chi connectivity index (χ1v) is 13.9. The monoisotopic (exact) mass is 532 g/mol. The maximum absolute atomic E-state index is 13.4. The highest BCUT2D eigenvalue weighted by Crippen LogP contribution is 2.38. The molecule has 0 radical (unpaired) electrons. The van der Waals surface area contributed by atoms with Crippen molar-refractivity contribution in [1.29, 1.82) is 0 Å². The van der Waals surface area contributed by atoms with Crippen molar-refractivity contribution in [3.63, 3.8) is 0 Å². The summed E-state index contributed by atoms with van der Waals surface area (Å²) in [5.74, 6) is 0.000849. The molecule has 0 unspecified atom stereocenters. The Bertz CT molecular complexity index is 1370. The van der Waals surface area contributed by atoms with E-state index < -0.39 is 0 Å². The molecule has 0 spiro atoms. The average molecular weight is 533 g/mol. The van der Waals surface area contributed by atoms with Gasteiger partial charge in [-0.2, -0.15) is 0 Å². The molecule has 1 saturated heterocycles. The number of nitrogens with zero attached hydrogens (tertiary/aromatic N) is 2. The van der Waals surface area contributed by atoms with Gasteiger partial charge in [0.05, 0.1) is 14.8 Å². The molecule has 3 aromatic carbocycles. The molecule has 0 saturated carbocycles. The lowest BCUT2D eigenvalue weighted by Gasteiger charge is -2.15. The summed E-state index contributed by atoms with van der Waals surface area (Å²) >= 11 is 10.8. The van der Waals surface area contributed by atoms with Gasteiger partial charge in [0.2, 0.25) is 0 Å². The van der Waals surface area contributed by atoms with Crippen molar-refractivity contribution in [2.24, 2.45) is 4.99 Å². The van der Waals surface area contributed by atoms with Crippen LogP contribution in [0.25, 0.3) is 6.08 Å². The Balaban J connectivity index is 1.37. The molecule has 4 aromatic rings. The number of amidine groups is 1. The molecule has 1 aromatic heterocycles. The molecule has 2 heterocycles. The molecule has 0 N–H and O–H groups in total. The number of amides is 1. The zero-order valence-corrected chi connectivity index (χ0v) is 21.8. The van der Waals surface area contributed by atoms with Gasteiger partial charge in [-0.15, -0.1) is 11.3 Å². The Kier molecular flexibility index (Phi) is 7.74. The maximum Gasteiger partial charge on any atom is 0.266 e. The molecule has 0 aliphatic carbocycles. The smallest absolute Gasteiger partial charge is 0.266 e. The quantitative estimate of drug-likeness (QED) is 0.224. The molecule has 7 heteroatoms. The average Bonchev–Trinajstić information content (AvgIpc) is 3.44. The molecular formula is C28H21ClN2OS3. The molecule has 1 fully saturated rings. The number of hydrogen-bond donors (Lipinski definition) is 0. The van der Waals surface area contributed by atoms with Gasteiger partial charge in [0.1, 0.15) is 0 Å². The van der Waals surface area contributed by atoms with Crippen LogP contribution in [0.15, 0.2) is 116 Å². The third-order valence-corrected chi connectivity index (χ3v) is 8.67. The van der Waals surface area contributed by atoms with Gasteiger partial charge in [-0.3, -0.25) is 9.69 Å². The summed E-state index contributed by atoms with van der Waals surface area (Å²) in [6, 6.07) is 32.0. The number of aliphatic imine (C=N–C) groups is 1. The van der Waals surface area contributed by atoms with Crippen LogP contribution in [-0.2, 0) is 11.2 Å². The number of thioether (sulfide) groups is 1. The Labute approximate surface area is 222 Å². The van der Waals surface area contributed by atoms with Crippen LogP contribution in [0, 0.1) is 0 Å². The maximum atomic E-state index is 13.4. The van der Waals surface area contributed by atoms with E-state index in [9.17, 15) is 4.79 Å². The zero-order valence-electron chi connectivity index (χ0n) is 18.6. The normalized spacial score (nSPS) is 15.9. The van der Waals surface area contributed by atoms with E-state index >= 15 is 0 Å². The van der Waals surface area contributed by atoms with Crippen LogP contribution in [-0.4, -0.2) is 22.5 Å². The van der Waals surface area contributed by atoms with E-state index in [1.165, 1.54) is 17.3 Å². The topological polar surface area (TPSA) is 32.7 Å². The van der Waals surface area contributed by atoms with Crippen LogP contribution in [0.3, 0.4) is 0 Å². The minimum absolute atomic E-state index is 0.000849. The Hall–Kier alpha value is -2.77. The van der Waals surface area contributed by atoms with Crippen molar-refractivity contribution >= 4 is 69.3 Å². The van der Waals surface area contributed by atoms with Gasteiger partial charge in [0, 0.05) is 21.3 Å². The van der Waals surface area contributed by atoms with Crippen molar-refractivity contribution in [1.82, 2.24) is 4.90 Å². The minimum Gasteiger partial charge on any atom is -0.286 e. The number of benzene rings is 3. The van der Waals surface area contributed by atoms with E-state index in [-0.39, 0.29) is 5.91 Å². The number of thiophene rings is 1. The van der Waals surface area contributed by atoms with Gasteiger partial charge < -0.3 is 0 Å². The van der Waals surface area contributed by atoms with Crippen LogP contribution in [0.5, 0.6) is 0 Å². The van der Waals surface area contributed by atoms with Gasteiger partial charge in [-0.25, -0.2) is 4.99 Å². The van der Waals surface area contributed by atoms with Crippen LogP contribution in [0.2, 0.25) is 5.02 Å². The number of para-hydroxylation sites is 1. The minimum atomic E-state index is 0.000849. The lowest BCUT2D eigenvalue weighted by Crippen LogP contribution is -2.31. The van der Waals surface area contributed by atoms with Crippen LogP contribution in [0.1, 0.15) is 10.4 Å². The van der Waals surface area contributed by atoms with Crippen molar-refractivity contribution in [3.8, 4) is 0 Å². The summed E-state index contributed by atoms with van der Waals surface area (Å²) in [5.41, 5.74) is 2.04. The molecular weight excluding hydrogens is 512 g/mol. The molecule has 0 bridgehead atoms. The van der Waals surface area contributed by atoms with Gasteiger partial charge in [0.15, 0.2) is 5.17 Å². The highest BCUT2D eigenvalue weighted by Gasteiger charge is 2.33. The summed E-state index contributed by atoms with van der Waals surface area (Å²) in [6.45, 7) is 0.584. The van der Waals surface area contributed by atoms with E-state index in [0.717, 1.165) is 36.3 Å². The van der Waals surface area contributed by atoms with E-state index in [1.807, 2.05) is 78.9 Å². The molecule has 3 nitrogen and oxygen atoms in total. The van der Waals surface area contributed by atoms with E-state index in [2.05, 4.69) is 24.3 Å². The van der Waals surface area contributed by atoms with Gasteiger partial charge in [0.25, 0.3) is 5.91 Å². The lowest BCUT2D eigenvalue weighted by atomic mass is 10.1. The second-order valence-electron chi connectivity index (χ2n) is 7.75. The van der Waals surface area contributed by atoms with Crippen molar-refractivity contribution in [2.75, 3.05) is 6.54 Å². The first kappa shape index (κ1) is 23.9. The number of hydrogen-bond acceptors (Lipinski definition) is 5. The predicted molar refractivity (Wildman–Crippen MR) is 151 cm³/mol. The second kappa shape index (κ2) is 11.3. The van der Waals surface area contributed by atoms with Crippen molar-refractivity contribution in [2.45, 2.75) is 15.5 Å². The number of rotatable bonds is 7. The molecule has 174 valence electrons. The zero-order chi connectivity index (χ0) is 24.0. The molecule has 35 heavy (non-hydrogen) atoms. The summed E-state index contributed by atoms with van der Waals surface area (Å²) in [6.07, 6.45) is 2.75. The molecule has 0 atom stereocenters. The Morgan fingerprint density at radius 1 is 0.886 bits per heavy atom. The van der Waals surface area contributed by atoms with Gasteiger partial charge in [-0.1, -0.05) is 71.9 Å². The van der Waals surface area contributed by atoms with Crippen LogP contribution >= 0.6 is 46.5 Å². The second-order valence-corrected chi connectivity index (χ2v) is 11.7. The highest BCUT2D eigenvalue weighted by atomic mass is 35.5. The lowest BCUT2D eigenvalue weighted by molar-refractivity contribution is -0.122. The standard InChI is InChI=1S/C28H21ClN2OS3/c29-21-11-13-23(14-12-21)33-26-16-15-24(34-26)19-25-27(32)31(18-17-20-7-3-1-4-8-20)28(35-25)30-22-9-5-2-6-10-22/h1-16,19H,17-18H2/b25-19-,30-28?. The Morgan fingerprint density at radius 2 is 1.60 bits per heavy atom. The molecule has 1 aliphatic rings. The summed E-state index contributed by atoms with van der Waals surface area (Å²) in [4.78, 5) is 22.9. The number of halogens is 1. The first-order valence-electron chi connectivity index (χ1n) is 11.1. The highest BCUT2D eigenvalue weighted by molar-refractivity contribution is 8.18. The fourth-order valence-electron chi connectivity index (χ4n) is 3.50. The largest absolute Gasteiger partial charge is 0.286 e. The fraction of sp³-hybridized carbons (Fsp3) is 0.0714. The number of carbonyl (C=O) groups is 1. The summed E-state index contributed by atoms with van der Waals surface area (Å²) < 4.78 is 1.16. The third-order valence-electron chi connectivity index (χ3n) is 5.24. The Morgan fingerprint density at radius 3 is 2.34 bits per heavy atom.